The van der Waals surface area contributed by atoms with Crippen LogP contribution >= 0.6 is 0 Å². The second-order valence-corrected chi connectivity index (χ2v) is 5.82. The molecule has 3 aromatic carbocycles. The molecule has 130 valence electrons. The number of carbonyl (C=O) groups excluding carboxylic acids is 1. The molecule has 3 rings (SSSR count). The van der Waals surface area contributed by atoms with E-state index in [9.17, 15) is 14.9 Å². The van der Waals surface area contributed by atoms with Gasteiger partial charge in [0.05, 0.1) is 4.92 Å². The molecule has 6 nitrogen and oxygen atoms in total. The van der Waals surface area contributed by atoms with Crippen molar-refractivity contribution >= 4 is 17.3 Å². The fourth-order valence-corrected chi connectivity index (χ4v) is 2.60. The molecule has 6 heteroatoms. The fourth-order valence-electron chi connectivity index (χ4n) is 2.60. The van der Waals surface area contributed by atoms with E-state index in [2.05, 4.69) is 5.32 Å². The van der Waals surface area contributed by atoms with Crippen molar-refractivity contribution in [2.75, 3.05) is 5.73 Å². The van der Waals surface area contributed by atoms with Gasteiger partial charge in [-0.1, -0.05) is 54.6 Å². The average Bonchev–Trinajstić information content (AvgIpc) is 2.66. The van der Waals surface area contributed by atoms with Crippen molar-refractivity contribution in [3.8, 4) is 11.1 Å². The lowest BCUT2D eigenvalue weighted by atomic mass is 10.0. The minimum absolute atomic E-state index is 0.164. The van der Waals surface area contributed by atoms with Crippen molar-refractivity contribution in [1.29, 1.82) is 0 Å². The number of hydrogen-bond donors (Lipinski definition) is 2. The van der Waals surface area contributed by atoms with Gasteiger partial charge in [0.1, 0.15) is 0 Å². The van der Waals surface area contributed by atoms with Crippen LogP contribution in [-0.2, 0) is 6.54 Å². The smallest absolute Gasteiger partial charge is 0.272 e. The lowest BCUT2D eigenvalue weighted by Gasteiger charge is -2.08. The molecule has 0 atom stereocenters. The predicted octanol–water partition coefficient (Wildman–Crippen LogP) is 3.77. The van der Waals surface area contributed by atoms with E-state index < -0.39 is 10.8 Å². The number of hydrogen-bond acceptors (Lipinski definition) is 4. The molecule has 0 aliphatic rings. The second kappa shape index (κ2) is 7.48. The maximum atomic E-state index is 12.2. The van der Waals surface area contributed by atoms with Crippen LogP contribution in [0.4, 0.5) is 11.4 Å². The molecule has 0 aliphatic carbocycles. The first-order valence-electron chi connectivity index (χ1n) is 8.00. The van der Waals surface area contributed by atoms with Crippen molar-refractivity contribution in [2.24, 2.45) is 0 Å². The molecule has 0 heterocycles. The standard InChI is InChI=1S/C20H17N3O3/c21-18-10-17(11-19(12-18)23(25)26)20(24)22-13-14-6-8-16(9-7-14)15-4-2-1-3-5-15/h1-12H,13,21H2,(H,22,24). The SMILES string of the molecule is Nc1cc(C(=O)NCc2ccc(-c3ccccc3)cc2)cc([N+](=O)[O-])c1. The molecule has 3 N–H and O–H groups in total. The summed E-state index contributed by atoms with van der Waals surface area (Å²) in [5, 5.41) is 13.6. The Morgan fingerprint density at radius 3 is 2.27 bits per heavy atom. The Morgan fingerprint density at radius 1 is 0.962 bits per heavy atom. The number of nitrogens with one attached hydrogen (secondary N) is 1. The third-order valence-corrected chi connectivity index (χ3v) is 3.93. The number of nitro benzene ring substituents is 1. The van der Waals surface area contributed by atoms with Crippen LogP contribution in [0, 0.1) is 10.1 Å². The largest absolute Gasteiger partial charge is 0.399 e. The van der Waals surface area contributed by atoms with Crippen LogP contribution < -0.4 is 11.1 Å². The second-order valence-electron chi connectivity index (χ2n) is 5.82. The van der Waals surface area contributed by atoms with Crippen LogP contribution in [0.15, 0.2) is 72.8 Å². The molecule has 0 aromatic heterocycles. The molecule has 1 amide bonds. The number of rotatable bonds is 5. The van der Waals surface area contributed by atoms with Gasteiger partial charge in [0, 0.05) is 29.9 Å². The van der Waals surface area contributed by atoms with Crippen LogP contribution in [0.2, 0.25) is 0 Å². The lowest BCUT2D eigenvalue weighted by molar-refractivity contribution is -0.384. The Hall–Kier alpha value is -3.67. The zero-order chi connectivity index (χ0) is 18.5. The number of benzene rings is 3. The highest BCUT2D eigenvalue weighted by Gasteiger charge is 2.13. The highest BCUT2D eigenvalue weighted by atomic mass is 16.6. The fraction of sp³-hybridized carbons (Fsp3) is 0.0500. The molecular formula is C20H17N3O3. The highest BCUT2D eigenvalue weighted by Crippen LogP contribution is 2.20. The van der Waals surface area contributed by atoms with Crippen molar-refractivity contribution < 1.29 is 9.72 Å². The molecule has 0 saturated heterocycles. The van der Waals surface area contributed by atoms with Crippen LogP contribution in [-0.4, -0.2) is 10.8 Å². The first kappa shape index (κ1) is 17.2. The van der Waals surface area contributed by atoms with E-state index in [1.54, 1.807) is 0 Å². The number of anilines is 1. The zero-order valence-corrected chi connectivity index (χ0v) is 13.9. The summed E-state index contributed by atoms with van der Waals surface area (Å²) in [5.41, 5.74) is 8.90. The quantitative estimate of drug-likeness (QED) is 0.417. The summed E-state index contributed by atoms with van der Waals surface area (Å²) in [6, 6.07) is 21.7. The third-order valence-electron chi connectivity index (χ3n) is 3.93. The number of nitrogens with two attached hydrogens (primary N) is 1. The summed E-state index contributed by atoms with van der Waals surface area (Å²) in [6.07, 6.45) is 0. The Labute approximate surface area is 150 Å². The summed E-state index contributed by atoms with van der Waals surface area (Å²) < 4.78 is 0. The Balaban J connectivity index is 1.67. The summed E-state index contributed by atoms with van der Waals surface area (Å²) in [6.45, 7) is 0.316. The number of nitro groups is 1. The lowest BCUT2D eigenvalue weighted by Crippen LogP contribution is -2.23. The molecule has 0 bridgehead atoms. The molecule has 0 saturated carbocycles. The highest BCUT2D eigenvalue weighted by molar-refractivity contribution is 5.95. The number of amides is 1. The molecule has 26 heavy (non-hydrogen) atoms. The number of nitrogens with zero attached hydrogens (tertiary/aromatic N) is 1. The molecule has 0 aliphatic heterocycles. The van der Waals surface area contributed by atoms with Gasteiger partial charge in [0.15, 0.2) is 0 Å². The van der Waals surface area contributed by atoms with Gasteiger partial charge < -0.3 is 11.1 Å². The molecule has 3 aromatic rings. The van der Waals surface area contributed by atoms with Gasteiger partial charge >= 0.3 is 0 Å². The van der Waals surface area contributed by atoms with Gasteiger partial charge in [-0.3, -0.25) is 14.9 Å². The topological polar surface area (TPSA) is 98.3 Å². The van der Waals surface area contributed by atoms with Crippen molar-refractivity contribution in [3.05, 3.63) is 94.0 Å². The van der Waals surface area contributed by atoms with Crippen molar-refractivity contribution in [2.45, 2.75) is 6.54 Å². The van der Waals surface area contributed by atoms with Crippen molar-refractivity contribution in [3.63, 3.8) is 0 Å². The van der Waals surface area contributed by atoms with E-state index in [0.717, 1.165) is 16.7 Å². The minimum Gasteiger partial charge on any atom is -0.399 e. The van der Waals surface area contributed by atoms with E-state index >= 15 is 0 Å². The first-order chi connectivity index (χ1) is 12.5. The maximum absolute atomic E-state index is 12.2. The van der Waals surface area contributed by atoms with E-state index in [-0.39, 0.29) is 16.9 Å². The Kier molecular flexibility index (Phi) is 4.94. The number of nitrogen functional groups attached to an aromatic ring is 1. The molecule has 0 spiro atoms. The molecule has 0 unspecified atom stereocenters. The van der Waals surface area contributed by atoms with E-state index in [1.807, 2.05) is 54.6 Å². The third kappa shape index (κ3) is 4.05. The van der Waals surface area contributed by atoms with Crippen LogP contribution in [0.3, 0.4) is 0 Å². The Morgan fingerprint density at radius 2 is 1.62 bits per heavy atom. The van der Waals surface area contributed by atoms with Gasteiger partial charge in [-0.05, 0) is 22.8 Å². The van der Waals surface area contributed by atoms with E-state index in [0.29, 0.717) is 6.54 Å². The maximum Gasteiger partial charge on any atom is 0.272 e. The average molecular weight is 347 g/mol. The van der Waals surface area contributed by atoms with Crippen LogP contribution in [0.1, 0.15) is 15.9 Å². The predicted molar refractivity (Wildman–Crippen MR) is 101 cm³/mol. The first-order valence-corrected chi connectivity index (χ1v) is 8.00. The molecule has 0 fully saturated rings. The van der Waals surface area contributed by atoms with Gasteiger partial charge in [-0.25, -0.2) is 0 Å². The van der Waals surface area contributed by atoms with Gasteiger partial charge in [-0.15, -0.1) is 0 Å². The number of non-ortho nitro benzene ring substituents is 1. The van der Waals surface area contributed by atoms with Crippen molar-refractivity contribution in [1.82, 2.24) is 5.32 Å². The minimum atomic E-state index is -0.574. The van der Waals surface area contributed by atoms with E-state index in [4.69, 9.17) is 5.73 Å². The zero-order valence-electron chi connectivity index (χ0n) is 13.9. The Bertz CT molecular complexity index is 938. The monoisotopic (exact) mass is 347 g/mol. The van der Waals surface area contributed by atoms with Crippen LogP contribution in [0.25, 0.3) is 11.1 Å². The number of carbonyl (C=O) groups is 1. The van der Waals surface area contributed by atoms with Crippen LogP contribution in [0.5, 0.6) is 0 Å². The summed E-state index contributed by atoms with van der Waals surface area (Å²) in [5.74, 6) is -0.410. The summed E-state index contributed by atoms with van der Waals surface area (Å²) in [7, 11) is 0. The normalized spacial score (nSPS) is 10.3. The molecule has 0 radical (unpaired) electrons. The van der Waals surface area contributed by atoms with Gasteiger partial charge in [0.25, 0.3) is 11.6 Å². The van der Waals surface area contributed by atoms with E-state index in [1.165, 1.54) is 18.2 Å². The summed E-state index contributed by atoms with van der Waals surface area (Å²) >= 11 is 0. The summed E-state index contributed by atoms with van der Waals surface area (Å²) in [4.78, 5) is 22.5. The van der Waals surface area contributed by atoms with Gasteiger partial charge in [0.2, 0.25) is 0 Å². The molecular weight excluding hydrogens is 330 g/mol. The van der Waals surface area contributed by atoms with Gasteiger partial charge in [-0.2, -0.15) is 0 Å².